The molecule has 0 spiro atoms. The van der Waals surface area contributed by atoms with Crippen molar-refractivity contribution in [1.82, 2.24) is 5.32 Å². The minimum atomic E-state index is -1.19. The van der Waals surface area contributed by atoms with Gasteiger partial charge in [-0.15, -0.1) is 6.58 Å². The molecule has 21 heavy (non-hydrogen) atoms. The first-order chi connectivity index (χ1) is 9.95. The minimum absolute atomic E-state index is 0.0281. The van der Waals surface area contributed by atoms with Crippen molar-refractivity contribution in [3.05, 3.63) is 47.0 Å². The number of para-hydroxylation sites is 2. The first kappa shape index (κ1) is 16.3. The lowest BCUT2D eigenvalue weighted by Gasteiger charge is -2.13. The lowest BCUT2D eigenvalue weighted by molar-refractivity contribution is -0.383. The highest BCUT2D eigenvalue weighted by Crippen LogP contribution is 2.23. The molecule has 0 aromatic heterocycles. The standard InChI is InChI=1S/C13H15N3O5/c1-2-7-14-10(13(18)19)8-12(17)15-9-5-3-4-6-11(9)16(20)21/h2-6,10,14H,1,7-8H2,(H,15,17)(H,18,19). The van der Waals surface area contributed by atoms with E-state index in [9.17, 15) is 19.7 Å². The number of carbonyl (C=O) groups excluding carboxylic acids is 1. The van der Waals surface area contributed by atoms with Crippen molar-refractivity contribution in [2.45, 2.75) is 12.5 Å². The van der Waals surface area contributed by atoms with Gasteiger partial charge < -0.3 is 15.7 Å². The normalized spacial score (nSPS) is 11.4. The van der Waals surface area contributed by atoms with Gasteiger partial charge in [-0.05, 0) is 6.07 Å². The van der Waals surface area contributed by atoms with Crippen molar-refractivity contribution in [1.29, 1.82) is 0 Å². The van der Waals surface area contributed by atoms with E-state index in [1.54, 1.807) is 0 Å². The van der Waals surface area contributed by atoms with Crippen LogP contribution < -0.4 is 10.6 Å². The third kappa shape index (κ3) is 5.03. The molecule has 112 valence electrons. The molecule has 1 rings (SSSR count). The molecule has 8 heteroatoms. The fraction of sp³-hybridized carbons (Fsp3) is 0.231. The first-order valence-electron chi connectivity index (χ1n) is 6.06. The molecular formula is C13H15N3O5. The molecule has 0 aliphatic rings. The fourth-order valence-corrected chi connectivity index (χ4v) is 1.60. The SMILES string of the molecule is C=CCNC(CC(=O)Nc1ccccc1[N+](=O)[O-])C(=O)O. The zero-order valence-electron chi connectivity index (χ0n) is 11.1. The van der Waals surface area contributed by atoms with Gasteiger partial charge in [-0.3, -0.25) is 19.7 Å². The van der Waals surface area contributed by atoms with E-state index in [0.717, 1.165) is 0 Å². The van der Waals surface area contributed by atoms with E-state index in [-0.39, 0.29) is 24.3 Å². The van der Waals surface area contributed by atoms with Crippen molar-refractivity contribution >= 4 is 23.3 Å². The van der Waals surface area contributed by atoms with E-state index < -0.39 is 22.8 Å². The molecule has 0 bridgehead atoms. The summed E-state index contributed by atoms with van der Waals surface area (Å²) in [7, 11) is 0. The van der Waals surface area contributed by atoms with E-state index in [1.807, 2.05) is 0 Å². The molecule has 0 saturated carbocycles. The van der Waals surface area contributed by atoms with Crippen LogP contribution in [-0.2, 0) is 9.59 Å². The molecule has 0 saturated heterocycles. The molecular weight excluding hydrogens is 278 g/mol. The maximum Gasteiger partial charge on any atom is 0.321 e. The van der Waals surface area contributed by atoms with Crippen LogP contribution >= 0.6 is 0 Å². The number of nitrogens with zero attached hydrogens (tertiary/aromatic N) is 1. The van der Waals surface area contributed by atoms with Crippen molar-refractivity contribution in [2.75, 3.05) is 11.9 Å². The molecule has 0 radical (unpaired) electrons. The number of hydrogen-bond donors (Lipinski definition) is 3. The van der Waals surface area contributed by atoms with Crippen molar-refractivity contribution < 1.29 is 19.6 Å². The molecule has 0 fully saturated rings. The molecule has 0 aliphatic carbocycles. The second-order valence-corrected chi connectivity index (χ2v) is 4.11. The summed E-state index contributed by atoms with van der Waals surface area (Å²) in [5.74, 6) is -1.82. The molecule has 0 heterocycles. The van der Waals surface area contributed by atoms with Crippen LogP contribution in [0.2, 0.25) is 0 Å². The van der Waals surface area contributed by atoms with Gasteiger partial charge >= 0.3 is 5.97 Å². The predicted molar refractivity (Wildman–Crippen MR) is 76.0 cm³/mol. The Balaban J connectivity index is 2.74. The highest BCUT2D eigenvalue weighted by Gasteiger charge is 2.22. The van der Waals surface area contributed by atoms with Crippen LogP contribution in [0, 0.1) is 10.1 Å². The molecule has 3 N–H and O–H groups in total. The Morgan fingerprint density at radius 2 is 2.10 bits per heavy atom. The number of carbonyl (C=O) groups is 2. The highest BCUT2D eigenvalue weighted by molar-refractivity contribution is 5.95. The highest BCUT2D eigenvalue weighted by atomic mass is 16.6. The van der Waals surface area contributed by atoms with E-state index in [4.69, 9.17) is 5.11 Å². The number of nitrogens with one attached hydrogen (secondary N) is 2. The van der Waals surface area contributed by atoms with Gasteiger partial charge in [-0.25, -0.2) is 0 Å². The number of carboxylic acid groups (broad SMARTS) is 1. The number of hydrogen-bond acceptors (Lipinski definition) is 5. The Kier molecular flexibility index (Phi) is 6.02. The summed E-state index contributed by atoms with van der Waals surface area (Å²) in [6.45, 7) is 3.67. The van der Waals surface area contributed by atoms with Crippen LogP contribution in [0.25, 0.3) is 0 Å². The van der Waals surface area contributed by atoms with Crippen LogP contribution in [0.5, 0.6) is 0 Å². The summed E-state index contributed by atoms with van der Waals surface area (Å²) in [5, 5.41) is 24.7. The molecule has 1 atom stereocenters. The number of benzene rings is 1. The van der Waals surface area contributed by atoms with Gasteiger partial charge in [0.15, 0.2) is 0 Å². The molecule has 1 aromatic rings. The maximum atomic E-state index is 11.8. The maximum absolute atomic E-state index is 11.8. The lowest BCUT2D eigenvalue weighted by atomic mass is 10.2. The summed E-state index contributed by atoms with van der Waals surface area (Å²) in [5.41, 5.74) is -0.225. The van der Waals surface area contributed by atoms with Crippen molar-refractivity contribution in [3.63, 3.8) is 0 Å². The van der Waals surface area contributed by atoms with Gasteiger partial charge in [0, 0.05) is 12.6 Å². The summed E-state index contributed by atoms with van der Waals surface area (Å²) >= 11 is 0. The van der Waals surface area contributed by atoms with Gasteiger partial charge in [-0.2, -0.15) is 0 Å². The Labute approximate surface area is 120 Å². The van der Waals surface area contributed by atoms with E-state index in [1.165, 1.54) is 30.3 Å². The zero-order valence-corrected chi connectivity index (χ0v) is 11.1. The van der Waals surface area contributed by atoms with Crippen LogP contribution in [0.4, 0.5) is 11.4 Å². The molecule has 1 amide bonds. The Morgan fingerprint density at radius 3 is 2.67 bits per heavy atom. The number of carboxylic acids is 1. The summed E-state index contributed by atoms with van der Waals surface area (Å²) < 4.78 is 0. The monoisotopic (exact) mass is 293 g/mol. The van der Waals surface area contributed by atoms with Gasteiger partial charge in [0.1, 0.15) is 11.7 Å². The quantitative estimate of drug-likeness (QED) is 0.375. The van der Waals surface area contributed by atoms with Crippen LogP contribution in [0.3, 0.4) is 0 Å². The minimum Gasteiger partial charge on any atom is -0.480 e. The Morgan fingerprint density at radius 1 is 1.43 bits per heavy atom. The van der Waals surface area contributed by atoms with Gasteiger partial charge in [0.2, 0.25) is 5.91 Å². The van der Waals surface area contributed by atoms with Crippen molar-refractivity contribution in [3.8, 4) is 0 Å². The number of amides is 1. The second-order valence-electron chi connectivity index (χ2n) is 4.11. The number of anilines is 1. The first-order valence-corrected chi connectivity index (χ1v) is 6.06. The van der Waals surface area contributed by atoms with E-state index in [2.05, 4.69) is 17.2 Å². The molecule has 0 aliphatic heterocycles. The van der Waals surface area contributed by atoms with Gasteiger partial charge in [-0.1, -0.05) is 18.2 Å². The number of aliphatic carboxylic acids is 1. The predicted octanol–water partition coefficient (Wildman–Crippen LogP) is 1.15. The summed E-state index contributed by atoms with van der Waals surface area (Å²) in [6.07, 6.45) is 1.12. The molecule has 1 unspecified atom stereocenters. The van der Waals surface area contributed by atoms with Crippen molar-refractivity contribution in [2.24, 2.45) is 0 Å². The fourth-order valence-electron chi connectivity index (χ4n) is 1.60. The average molecular weight is 293 g/mol. The Bertz CT molecular complexity index is 558. The molecule has 8 nitrogen and oxygen atoms in total. The van der Waals surface area contributed by atoms with E-state index in [0.29, 0.717) is 0 Å². The number of nitro groups is 1. The van der Waals surface area contributed by atoms with Gasteiger partial charge in [0.25, 0.3) is 5.69 Å². The largest absolute Gasteiger partial charge is 0.480 e. The summed E-state index contributed by atoms with van der Waals surface area (Å²) in [4.78, 5) is 33.0. The topological polar surface area (TPSA) is 122 Å². The summed E-state index contributed by atoms with van der Waals surface area (Å²) in [6, 6.07) is 4.54. The number of nitro benzene ring substituents is 1. The number of rotatable bonds is 8. The zero-order chi connectivity index (χ0) is 15.8. The molecule has 1 aromatic carbocycles. The van der Waals surface area contributed by atoms with Gasteiger partial charge in [0.05, 0.1) is 11.3 Å². The Hall–Kier alpha value is -2.74. The third-order valence-corrected chi connectivity index (χ3v) is 2.57. The second kappa shape index (κ2) is 7.75. The van der Waals surface area contributed by atoms with Crippen LogP contribution in [0.15, 0.2) is 36.9 Å². The third-order valence-electron chi connectivity index (χ3n) is 2.57. The van der Waals surface area contributed by atoms with Crippen LogP contribution in [0.1, 0.15) is 6.42 Å². The average Bonchev–Trinajstić information content (AvgIpc) is 2.43. The lowest BCUT2D eigenvalue weighted by Crippen LogP contribution is -2.39. The van der Waals surface area contributed by atoms with E-state index >= 15 is 0 Å². The van der Waals surface area contributed by atoms with Crippen LogP contribution in [-0.4, -0.2) is 34.5 Å². The smallest absolute Gasteiger partial charge is 0.321 e.